The van der Waals surface area contributed by atoms with E-state index in [2.05, 4.69) is 23.5 Å². The van der Waals surface area contributed by atoms with E-state index in [1.54, 1.807) is 0 Å². The van der Waals surface area contributed by atoms with Crippen molar-refractivity contribution in [1.82, 2.24) is 5.32 Å². The summed E-state index contributed by atoms with van der Waals surface area (Å²) in [6.07, 6.45) is 2.77. The lowest BCUT2D eigenvalue weighted by atomic mass is 9.85. The Morgan fingerprint density at radius 2 is 1.71 bits per heavy atom. The van der Waals surface area contributed by atoms with Crippen molar-refractivity contribution in [3.05, 3.63) is 48.0 Å². The average molecular weight is 325 g/mol. The molecule has 1 atom stereocenters. The third kappa shape index (κ3) is 3.58. The molecule has 1 unspecified atom stereocenters. The molecule has 1 aliphatic carbocycles. The minimum Gasteiger partial charge on any atom is -0.481 e. The Balaban J connectivity index is 1.63. The zero-order valence-electron chi connectivity index (χ0n) is 13.9. The molecule has 1 saturated carbocycles. The van der Waals surface area contributed by atoms with Gasteiger partial charge < -0.3 is 10.4 Å². The number of carbonyl (C=O) groups is 2. The van der Waals surface area contributed by atoms with Crippen LogP contribution in [0.25, 0.3) is 10.8 Å². The number of carbonyl (C=O) groups excluding carboxylic acids is 1. The van der Waals surface area contributed by atoms with Crippen LogP contribution in [0.15, 0.2) is 42.5 Å². The number of hydrogen-bond donors (Lipinski definition) is 2. The van der Waals surface area contributed by atoms with Crippen LogP contribution in [-0.2, 0) is 9.59 Å². The van der Waals surface area contributed by atoms with E-state index in [-0.39, 0.29) is 23.8 Å². The molecule has 4 heteroatoms. The van der Waals surface area contributed by atoms with Gasteiger partial charge in [-0.15, -0.1) is 0 Å². The summed E-state index contributed by atoms with van der Waals surface area (Å²) in [5.41, 5.74) is 1.01. The van der Waals surface area contributed by atoms with Gasteiger partial charge in [-0.2, -0.15) is 0 Å². The number of aliphatic carboxylic acids is 1. The number of amides is 1. The van der Waals surface area contributed by atoms with Gasteiger partial charge in [0.25, 0.3) is 0 Å². The summed E-state index contributed by atoms with van der Waals surface area (Å²) in [6.45, 7) is 1.92. The molecule has 0 aromatic heterocycles. The van der Waals surface area contributed by atoms with Gasteiger partial charge in [-0.1, -0.05) is 42.5 Å². The molecule has 1 amide bonds. The summed E-state index contributed by atoms with van der Waals surface area (Å²) in [5, 5.41) is 14.4. The van der Waals surface area contributed by atoms with Crippen molar-refractivity contribution in [2.45, 2.75) is 44.6 Å². The van der Waals surface area contributed by atoms with Gasteiger partial charge in [-0.05, 0) is 48.9 Å². The lowest BCUT2D eigenvalue weighted by Gasteiger charge is -2.28. The lowest BCUT2D eigenvalue weighted by Crippen LogP contribution is -2.40. The molecule has 1 fully saturated rings. The highest BCUT2D eigenvalue weighted by atomic mass is 16.4. The number of hydrogen-bond acceptors (Lipinski definition) is 2. The van der Waals surface area contributed by atoms with Crippen LogP contribution in [0.5, 0.6) is 0 Å². The molecule has 0 heterocycles. The van der Waals surface area contributed by atoms with Gasteiger partial charge in [0.05, 0.1) is 11.8 Å². The molecule has 0 saturated heterocycles. The van der Waals surface area contributed by atoms with Gasteiger partial charge in [-0.3, -0.25) is 9.59 Å². The molecule has 0 radical (unpaired) electrons. The van der Waals surface area contributed by atoms with Gasteiger partial charge in [0, 0.05) is 6.04 Å². The second kappa shape index (κ2) is 7.04. The molecule has 1 aliphatic rings. The fraction of sp³-hybridized carbons (Fsp3) is 0.400. The summed E-state index contributed by atoms with van der Waals surface area (Å²) < 4.78 is 0. The van der Waals surface area contributed by atoms with E-state index in [9.17, 15) is 9.59 Å². The van der Waals surface area contributed by atoms with Crippen LogP contribution in [0.3, 0.4) is 0 Å². The Bertz CT molecular complexity index is 747. The standard InChI is InChI=1S/C20H23NO3/c1-13(16-7-6-14-4-2-3-5-17(14)12-16)19(22)21-18-10-8-15(9-11-18)20(23)24/h2-7,12-13,15,18H,8-11H2,1H3,(H,21,22)(H,23,24). The Morgan fingerprint density at radius 3 is 2.38 bits per heavy atom. The minimum absolute atomic E-state index is 0.0176. The summed E-state index contributed by atoms with van der Waals surface area (Å²) in [6, 6.07) is 14.3. The molecule has 0 spiro atoms. The number of fused-ring (bicyclic) bond motifs is 1. The third-order valence-corrected chi connectivity index (χ3v) is 5.09. The second-order valence-corrected chi connectivity index (χ2v) is 6.72. The Labute approximate surface area is 141 Å². The Kier molecular flexibility index (Phi) is 4.84. The van der Waals surface area contributed by atoms with E-state index in [0.29, 0.717) is 12.8 Å². The highest BCUT2D eigenvalue weighted by molar-refractivity contribution is 5.87. The Morgan fingerprint density at radius 1 is 1.04 bits per heavy atom. The first-order valence-electron chi connectivity index (χ1n) is 8.56. The molecule has 2 aromatic rings. The number of nitrogens with one attached hydrogen (secondary N) is 1. The minimum atomic E-state index is -0.718. The number of carboxylic acid groups (broad SMARTS) is 1. The summed E-state index contributed by atoms with van der Waals surface area (Å²) in [7, 11) is 0. The van der Waals surface area contributed by atoms with E-state index in [1.807, 2.05) is 31.2 Å². The van der Waals surface area contributed by atoms with Crippen molar-refractivity contribution >= 4 is 22.6 Å². The maximum Gasteiger partial charge on any atom is 0.306 e. The predicted octanol–water partition coefficient (Wildman–Crippen LogP) is 3.70. The van der Waals surface area contributed by atoms with E-state index in [0.717, 1.165) is 23.8 Å². The lowest BCUT2D eigenvalue weighted by molar-refractivity contribution is -0.142. The normalized spacial score (nSPS) is 22.0. The molecule has 2 aromatic carbocycles. The molecule has 4 nitrogen and oxygen atoms in total. The average Bonchev–Trinajstić information content (AvgIpc) is 2.61. The highest BCUT2D eigenvalue weighted by Crippen LogP contribution is 2.26. The topological polar surface area (TPSA) is 66.4 Å². The van der Waals surface area contributed by atoms with Gasteiger partial charge >= 0.3 is 5.97 Å². The fourth-order valence-corrected chi connectivity index (χ4v) is 3.44. The highest BCUT2D eigenvalue weighted by Gasteiger charge is 2.27. The molecule has 3 rings (SSSR count). The molecular weight excluding hydrogens is 302 g/mol. The Hall–Kier alpha value is -2.36. The summed E-state index contributed by atoms with van der Waals surface area (Å²) in [5.74, 6) is -1.17. The van der Waals surface area contributed by atoms with Gasteiger partial charge in [0.15, 0.2) is 0 Å². The van der Waals surface area contributed by atoms with Crippen LogP contribution in [0.4, 0.5) is 0 Å². The van der Waals surface area contributed by atoms with Crippen molar-refractivity contribution in [2.24, 2.45) is 5.92 Å². The van der Waals surface area contributed by atoms with E-state index >= 15 is 0 Å². The van der Waals surface area contributed by atoms with Gasteiger partial charge in [0.2, 0.25) is 5.91 Å². The first kappa shape index (κ1) is 16.5. The predicted molar refractivity (Wildman–Crippen MR) is 93.9 cm³/mol. The number of rotatable bonds is 4. The maximum atomic E-state index is 12.5. The van der Waals surface area contributed by atoms with Crippen LogP contribution in [0, 0.1) is 5.92 Å². The SMILES string of the molecule is CC(C(=O)NC1CCC(C(=O)O)CC1)c1ccc2ccccc2c1. The first-order chi connectivity index (χ1) is 11.5. The third-order valence-electron chi connectivity index (χ3n) is 5.09. The van der Waals surface area contributed by atoms with E-state index in [1.165, 1.54) is 5.39 Å². The van der Waals surface area contributed by atoms with Crippen LogP contribution >= 0.6 is 0 Å². The van der Waals surface area contributed by atoms with Crippen LogP contribution in [-0.4, -0.2) is 23.0 Å². The van der Waals surface area contributed by atoms with Gasteiger partial charge in [0.1, 0.15) is 0 Å². The fourth-order valence-electron chi connectivity index (χ4n) is 3.44. The van der Waals surface area contributed by atoms with Crippen LogP contribution in [0.1, 0.15) is 44.1 Å². The number of carboxylic acids is 1. The molecule has 2 N–H and O–H groups in total. The van der Waals surface area contributed by atoms with Crippen LogP contribution in [0.2, 0.25) is 0 Å². The molecule has 126 valence electrons. The van der Waals surface area contributed by atoms with Gasteiger partial charge in [-0.25, -0.2) is 0 Å². The quantitative estimate of drug-likeness (QED) is 0.900. The molecular formula is C20H23NO3. The van der Waals surface area contributed by atoms with Crippen molar-refractivity contribution in [3.8, 4) is 0 Å². The second-order valence-electron chi connectivity index (χ2n) is 6.72. The molecule has 24 heavy (non-hydrogen) atoms. The summed E-state index contributed by atoms with van der Waals surface area (Å²) >= 11 is 0. The molecule has 0 bridgehead atoms. The number of benzene rings is 2. The smallest absolute Gasteiger partial charge is 0.306 e. The van der Waals surface area contributed by atoms with E-state index < -0.39 is 5.97 Å². The monoisotopic (exact) mass is 325 g/mol. The van der Waals surface area contributed by atoms with Crippen molar-refractivity contribution in [3.63, 3.8) is 0 Å². The zero-order valence-corrected chi connectivity index (χ0v) is 13.9. The van der Waals surface area contributed by atoms with Crippen molar-refractivity contribution < 1.29 is 14.7 Å². The molecule has 0 aliphatic heterocycles. The first-order valence-corrected chi connectivity index (χ1v) is 8.56. The van der Waals surface area contributed by atoms with Crippen molar-refractivity contribution in [2.75, 3.05) is 0 Å². The van der Waals surface area contributed by atoms with E-state index in [4.69, 9.17) is 5.11 Å². The van der Waals surface area contributed by atoms with Crippen molar-refractivity contribution in [1.29, 1.82) is 0 Å². The van der Waals surface area contributed by atoms with Crippen LogP contribution < -0.4 is 5.32 Å². The maximum absolute atomic E-state index is 12.5. The summed E-state index contributed by atoms with van der Waals surface area (Å²) in [4.78, 5) is 23.5. The largest absolute Gasteiger partial charge is 0.481 e. The zero-order chi connectivity index (χ0) is 17.1.